The number of benzene rings is 1. The maximum Gasteiger partial charge on any atom is 0.0963 e. The largest absolute Gasteiger partial charge is 0.248 e. The summed E-state index contributed by atoms with van der Waals surface area (Å²) in [4.78, 5) is 0.300. The highest BCUT2D eigenvalue weighted by atomic mass is 79.9. The molecule has 0 amide bonds. The number of hydrogen-bond donors (Lipinski definition) is 0. The molecule has 1 aromatic carbocycles. The van der Waals surface area contributed by atoms with Gasteiger partial charge in [-0.25, -0.2) is 4.68 Å². The van der Waals surface area contributed by atoms with Crippen LogP contribution in [-0.2, 0) is 6.54 Å². The Kier molecular flexibility index (Phi) is 3.94. The minimum Gasteiger partial charge on any atom is -0.248 e. The average Bonchev–Trinajstić information content (AvgIpc) is 2.80. The summed E-state index contributed by atoms with van der Waals surface area (Å²) in [6.45, 7) is 4.99. The van der Waals surface area contributed by atoms with E-state index in [4.69, 9.17) is 0 Å². The van der Waals surface area contributed by atoms with E-state index in [2.05, 4.69) is 64.4 Å². The number of hydrogen-bond acceptors (Lipinski definition) is 2. The van der Waals surface area contributed by atoms with Gasteiger partial charge in [-0.3, -0.25) is 0 Å². The predicted molar refractivity (Wildman–Crippen MR) is 72.3 cm³/mol. The third-order valence-electron chi connectivity index (χ3n) is 2.70. The van der Waals surface area contributed by atoms with E-state index in [9.17, 15) is 0 Å². The summed E-state index contributed by atoms with van der Waals surface area (Å²) in [5, 5.41) is 8.31. The first kappa shape index (κ1) is 12.3. The smallest absolute Gasteiger partial charge is 0.0963 e. The van der Waals surface area contributed by atoms with Crippen molar-refractivity contribution in [2.75, 3.05) is 0 Å². The molecule has 1 unspecified atom stereocenters. The van der Waals surface area contributed by atoms with E-state index in [1.54, 1.807) is 0 Å². The average molecular weight is 294 g/mol. The van der Waals surface area contributed by atoms with Gasteiger partial charge in [0.15, 0.2) is 0 Å². The van der Waals surface area contributed by atoms with Gasteiger partial charge in [-0.05, 0) is 18.9 Å². The fourth-order valence-corrected chi connectivity index (χ4v) is 1.83. The van der Waals surface area contributed by atoms with Crippen LogP contribution in [0.4, 0.5) is 0 Å². The van der Waals surface area contributed by atoms with Gasteiger partial charge < -0.3 is 0 Å². The van der Waals surface area contributed by atoms with Gasteiger partial charge in [0.2, 0.25) is 0 Å². The molecule has 1 aromatic heterocycles. The Labute approximate surface area is 110 Å². The Morgan fingerprint density at radius 1 is 1.29 bits per heavy atom. The molecule has 3 nitrogen and oxygen atoms in total. The lowest BCUT2D eigenvalue weighted by Crippen LogP contribution is -2.00. The topological polar surface area (TPSA) is 30.7 Å². The van der Waals surface area contributed by atoms with Gasteiger partial charge in [0.25, 0.3) is 0 Å². The molecule has 1 atom stereocenters. The minimum atomic E-state index is 0.300. The Morgan fingerprint density at radius 3 is 2.65 bits per heavy atom. The monoisotopic (exact) mass is 293 g/mol. The Balaban J connectivity index is 2.08. The zero-order valence-corrected chi connectivity index (χ0v) is 11.7. The second-order valence-corrected chi connectivity index (χ2v) is 5.31. The van der Waals surface area contributed by atoms with Crippen LogP contribution in [0, 0.1) is 6.92 Å². The van der Waals surface area contributed by atoms with E-state index in [1.807, 2.05) is 10.9 Å². The highest BCUT2D eigenvalue weighted by Gasteiger charge is 2.09. The molecule has 0 aliphatic rings. The van der Waals surface area contributed by atoms with Crippen molar-refractivity contribution in [1.29, 1.82) is 0 Å². The van der Waals surface area contributed by atoms with Gasteiger partial charge in [0.05, 0.1) is 17.1 Å². The number of aryl methyl sites for hydroxylation is 1. The van der Waals surface area contributed by atoms with Gasteiger partial charge in [-0.1, -0.05) is 57.9 Å². The van der Waals surface area contributed by atoms with Crippen molar-refractivity contribution < 1.29 is 0 Å². The van der Waals surface area contributed by atoms with Crippen LogP contribution in [0.3, 0.4) is 0 Å². The molecule has 0 radical (unpaired) electrons. The van der Waals surface area contributed by atoms with Crippen molar-refractivity contribution in [3.05, 3.63) is 47.3 Å². The number of rotatable bonds is 4. The predicted octanol–water partition coefficient (Wildman–Crippen LogP) is 3.48. The number of nitrogens with zero attached hydrogens (tertiary/aromatic N) is 3. The van der Waals surface area contributed by atoms with E-state index in [1.165, 1.54) is 11.1 Å². The summed E-state index contributed by atoms with van der Waals surface area (Å²) in [6, 6.07) is 8.49. The van der Waals surface area contributed by atoms with Crippen molar-refractivity contribution in [2.24, 2.45) is 0 Å². The van der Waals surface area contributed by atoms with Crippen LogP contribution in [0.1, 0.15) is 35.0 Å². The molecule has 0 aliphatic heterocycles. The number of halogens is 1. The van der Waals surface area contributed by atoms with Crippen LogP contribution in [0.2, 0.25) is 0 Å². The van der Waals surface area contributed by atoms with Crippen molar-refractivity contribution in [2.45, 2.75) is 31.6 Å². The van der Waals surface area contributed by atoms with Crippen molar-refractivity contribution in [3.63, 3.8) is 0 Å². The van der Waals surface area contributed by atoms with Gasteiger partial charge >= 0.3 is 0 Å². The van der Waals surface area contributed by atoms with E-state index in [0.29, 0.717) is 4.83 Å². The highest BCUT2D eigenvalue weighted by Crippen LogP contribution is 2.23. The van der Waals surface area contributed by atoms with Gasteiger partial charge in [-0.15, -0.1) is 5.10 Å². The Hall–Kier alpha value is -1.16. The molecular formula is C13H16BrN3. The maximum atomic E-state index is 4.17. The molecular weight excluding hydrogens is 278 g/mol. The molecule has 0 bridgehead atoms. The molecule has 0 saturated heterocycles. The van der Waals surface area contributed by atoms with Gasteiger partial charge in [-0.2, -0.15) is 0 Å². The van der Waals surface area contributed by atoms with Gasteiger partial charge in [0, 0.05) is 6.20 Å². The molecule has 90 valence electrons. The zero-order valence-electron chi connectivity index (χ0n) is 10.1. The second kappa shape index (κ2) is 5.45. The summed E-state index contributed by atoms with van der Waals surface area (Å²) >= 11 is 3.58. The van der Waals surface area contributed by atoms with Crippen LogP contribution in [-0.4, -0.2) is 15.0 Å². The molecule has 0 saturated carbocycles. The minimum absolute atomic E-state index is 0.300. The second-order valence-electron chi connectivity index (χ2n) is 4.20. The Morgan fingerprint density at radius 2 is 2.00 bits per heavy atom. The summed E-state index contributed by atoms with van der Waals surface area (Å²) in [5.41, 5.74) is 3.52. The fraction of sp³-hybridized carbons (Fsp3) is 0.385. The molecule has 2 rings (SSSR count). The van der Waals surface area contributed by atoms with E-state index >= 15 is 0 Å². The number of aromatic nitrogens is 3. The lowest BCUT2D eigenvalue weighted by Gasteiger charge is -2.02. The molecule has 0 aliphatic carbocycles. The van der Waals surface area contributed by atoms with Crippen LogP contribution >= 0.6 is 15.9 Å². The molecule has 2 aromatic rings. The summed E-state index contributed by atoms with van der Waals surface area (Å²) in [6.07, 6.45) is 3.02. The van der Waals surface area contributed by atoms with Crippen LogP contribution < -0.4 is 0 Å². The summed E-state index contributed by atoms with van der Waals surface area (Å²) < 4.78 is 1.88. The molecule has 0 fully saturated rings. The summed E-state index contributed by atoms with van der Waals surface area (Å²) in [5.74, 6) is 0. The lowest BCUT2D eigenvalue weighted by molar-refractivity contribution is 0.649. The van der Waals surface area contributed by atoms with E-state index in [-0.39, 0.29) is 0 Å². The molecule has 17 heavy (non-hydrogen) atoms. The first-order chi connectivity index (χ1) is 8.19. The normalized spacial score (nSPS) is 12.6. The lowest BCUT2D eigenvalue weighted by atomic mass is 10.1. The first-order valence-electron chi connectivity index (χ1n) is 5.78. The van der Waals surface area contributed by atoms with Gasteiger partial charge in [0.1, 0.15) is 0 Å². The highest BCUT2D eigenvalue weighted by molar-refractivity contribution is 9.09. The standard InChI is InChI=1S/C13H16BrN3/c1-3-12(14)13-9-17(16-15-13)8-11-6-4-10(2)5-7-11/h4-7,9,12H,3,8H2,1-2H3. The molecule has 1 heterocycles. The molecule has 0 N–H and O–H groups in total. The van der Waals surface area contributed by atoms with Crippen LogP contribution in [0.5, 0.6) is 0 Å². The van der Waals surface area contributed by atoms with Crippen molar-refractivity contribution >= 4 is 15.9 Å². The fourth-order valence-electron chi connectivity index (χ4n) is 1.62. The quantitative estimate of drug-likeness (QED) is 0.808. The Bertz CT molecular complexity index is 476. The third-order valence-corrected chi connectivity index (χ3v) is 3.82. The van der Waals surface area contributed by atoms with E-state index < -0.39 is 0 Å². The third kappa shape index (κ3) is 3.16. The van der Waals surface area contributed by atoms with Crippen LogP contribution in [0.15, 0.2) is 30.5 Å². The molecule has 4 heteroatoms. The SMILES string of the molecule is CCC(Br)c1cn(Cc2ccc(C)cc2)nn1. The maximum absolute atomic E-state index is 4.17. The van der Waals surface area contributed by atoms with E-state index in [0.717, 1.165) is 18.7 Å². The number of alkyl halides is 1. The zero-order chi connectivity index (χ0) is 12.3. The van der Waals surface area contributed by atoms with Crippen LogP contribution in [0.25, 0.3) is 0 Å². The van der Waals surface area contributed by atoms with Crippen molar-refractivity contribution in [1.82, 2.24) is 15.0 Å². The van der Waals surface area contributed by atoms with Crippen molar-refractivity contribution in [3.8, 4) is 0 Å². The first-order valence-corrected chi connectivity index (χ1v) is 6.70. The molecule has 0 spiro atoms. The summed E-state index contributed by atoms with van der Waals surface area (Å²) in [7, 11) is 0.